The van der Waals surface area contributed by atoms with Gasteiger partial charge in [0.1, 0.15) is 0 Å². The van der Waals surface area contributed by atoms with E-state index in [1.54, 1.807) is 4.88 Å². The molecule has 4 N–H and O–H groups in total. The van der Waals surface area contributed by atoms with E-state index < -0.39 is 0 Å². The maximum Gasteiger partial charge on any atom is 0.0471 e. The number of rotatable bonds is 2. The van der Waals surface area contributed by atoms with E-state index in [0.29, 0.717) is 6.54 Å². The average Bonchev–Trinajstić information content (AvgIpc) is 2.69. The summed E-state index contributed by atoms with van der Waals surface area (Å²) in [5.41, 5.74) is 12.8. The van der Waals surface area contributed by atoms with Gasteiger partial charge < -0.3 is 11.5 Å². The van der Waals surface area contributed by atoms with Crippen LogP contribution in [0.2, 0.25) is 0 Å². The quantitative estimate of drug-likeness (QED) is 0.859. The van der Waals surface area contributed by atoms with Crippen LogP contribution < -0.4 is 11.5 Å². The maximum absolute atomic E-state index is 6.08. The highest BCUT2D eigenvalue weighted by Crippen LogP contribution is 2.60. The van der Waals surface area contributed by atoms with E-state index in [0.717, 1.165) is 35.3 Å². The summed E-state index contributed by atoms with van der Waals surface area (Å²) in [5, 5.41) is 0. The third-order valence-corrected chi connectivity index (χ3v) is 6.88. The minimum Gasteiger partial charge on any atom is -0.398 e. The molecule has 1 aromatic rings. The standard InChI is InChI=1S/C15H22N2S/c16-7-14-12(17)6-13(18-14)15-10-2-8-1-9(4-10)5-11(15)3-8/h6,8-11,15H,1-5,7,16-17H2. The van der Waals surface area contributed by atoms with E-state index in [9.17, 15) is 0 Å². The Morgan fingerprint density at radius 3 is 2.17 bits per heavy atom. The van der Waals surface area contributed by atoms with Crippen molar-refractivity contribution in [1.29, 1.82) is 0 Å². The molecule has 0 spiro atoms. The summed E-state index contributed by atoms with van der Waals surface area (Å²) in [4.78, 5) is 2.74. The van der Waals surface area contributed by atoms with E-state index >= 15 is 0 Å². The van der Waals surface area contributed by atoms with Crippen LogP contribution in [0.1, 0.15) is 47.8 Å². The first-order valence-corrected chi connectivity index (χ1v) is 8.14. The molecule has 1 aromatic heterocycles. The number of hydrogen-bond acceptors (Lipinski definition) is 3. The fraction of sp³-hybridized carbons (Fsp3) is 0.733. The van der Waals surface area contributed by atoms with E-state index in [4.69, 9.17) is 11.5 Å². The molecule has 4 bridgehead atoms. The second-order valence-electron chi connectivity index (χ2n) is 6.69. The number of nitrogen functional groups attached to an aromatic ring is 1. The molecule has 0 atom stereocenters. The van der Waals surface area contributed by atoms with Gasteiger partial charge in [0.2, 0.25) is 0 Å². The van der Waals surface area contributed by atoms with Gasteiger partial charge in [-0.25, -0.2) is 0 Å². The molecule has 0 aromatic carbocycles. The molecule has 5 rings (SSSR count). The van der Waals surface area contributed by atoms with E-state index in [1.165, 1.54) is 37.0 Å². The van der Waals surface area contributed by atoms with E-state index in [2.05, 4.69) is 6.07 Å². The lowest BCUT2D eigenvalue weighted by molar-refractivity contribution is -0.00159. The lowest BCUT2D eigenvalue weighted by Gasteiger charge is -2.54. The topological polar surface area (TPSA) is 52.0 Å². The zero-order valence-corrected chi connectivity index (χ0v) is 11.6. The van der Waals surface area contributed by atoms with Crippen molar-refractivity contribution in [2.45, 2.75) is 44.6 Å². The largest absolute Gasteiger partial charge is 0.398 e. The highest BCUT2D eigenvalue weighted by Gasteiger charge is 2.49. The molecular formula is C15H22N2S. The predicted octanol–water partition coefficient (Wildman–Crippen LogP) is 3.33. The lowest BCUT2D eigenvalue weighted by Crippen LogP contribution is -2.43. The van der Waals surface area contributed by atoms with Crippen molar-refractivity contribution in [2.75, 3.05) is 5.73 Å². The monoisotopic (exact) mass is 262 g/mol. The molecule has 4 aliphatic carbocycles. The van der Waals surface area contributed by atoms with Gasteiger partial charge in [0.15, 0.2) is 0 Å². The van der Waals surface area contributed by atoms with Gasteiger partial charge in [-0.1, -0.05) is 0 Å². The van der Waals surface area contributed by atoms with E-state index in [1.807, 2.05) is 11.3 Å². The Labute approximate surface area is 113 Å². The molecule has 0 saturated heterocycles. The normalized spacial score (nSPS) is 41.5. The number of thiophene rings is 1. The molecule has 4 fully saturated rings. The van der Waals surface area contributed by atoms with E-state index in [-0.39, 0.29) is 0 Å². The van der Waals surface area contributed by atoms with Gasteiger partial charge in [0, 0.05) is 22.0 Å². The summed E-state index contributed by atoms with van der Waals surface area (Å²) >= 11 is 1.89. The van der Waals surface area contributed by atoms with Crippen molar-refractivity contribution in [3.63, 3.8) is 0 Å². The summed E-state index contributed by atoms with van der Waals surface area (Å²) in [7, 11) is 0. The molecule has 0 amide bonds. The Hall–Kier alpha value is -0.540. The fourth-order valence-electron chi connectivity index (χ4n) is 5.18. The van der Waals surface area contributed by atoms with Crippen LogP contribution in [0.3, 0.4) is 0 Å². The number of anilines is 1. The molecule has 0 radical (unpaired) electrons. The third-order valence-electron chi connectivity index (χ3n) is 5.60. The van der Waals surface area contributed by atoms with Gasteiger partial charge in [0.05, 0.1) is 0 Å². The Bertz CT molecular complexity index is 437. The zero-order valence-electron chi connectivity index (χ0n) is 10.8. The molecule has 18 heavy (non-hydrogen) atoms. The van der Waals surface area contributed by atoms with Crippen molar-refractivity contribution in [3.05, 3.63) is 15.8 Å². The van der Waals surface area contributed by atoms with Crippen LogP contribution in [0, 0.1) is 23.7 Å². The van der Waals surface area contributed by atoms with Gasteiger partial charge >= 0.3 is 0 Å². The first-order chi connectivity index (χ1) is 8.74. The van der Waals surface area contributed by atoms with Crippen molar-refractivity contribution < 1.29 is 0 Å². The van der Waals surface area contributed by atoms with Crippen LogP contribution in [0.25, 0.3) is 0 Å². The first kappa shape index (κ1) is 11.3. The SMILES string of the molecule is NCc1sc(C2C3CC4CC(C3)CC2C4)cc1N. The van der Waals surface area contributed by atoms with Gasteiger partial charge in [-0.2, -0.15) is 0 Å². The van der Waals surface area contributed by atoms with Crippen molar-refractivity contribution >= 4 is 17.0 Å². The Kier molecular flexibility index (Phi) is 2.50. The summed E-state index contributed by atoms with van der Waals surface area (Å²) in [6.45, 7) is 0.601. The summed E-state index contributed by atoms with van der Waals surface area (Å²) < 4.78 is 0. The molecule has 4 aliphatic rings. The van der Waals surface area contributed by atoms with Crippen LogP contribution in [0.5, 0.6) is 0 Å². The van der Waals surface area contributed by atoms with Crippen LogP contribution in [0.15, 0.2) is 6.07 Å². The highest BCUT2D eigenvalue weighted by molar-refractivity contribution is 7.12. The maximum atomic E-state index is 6.08. The average molecular weight is 262 g/mol. The predicted molar refractivity (Wildman–Crippen MR) is 76.4 cm³/mol. The second kappa shape index (κ2) is 3.97. The minimum atomic E-state index is 0.601. The van der Waals surface area contributed by atoms with Crippen LogP contribution >= 0.6 is 11.3 Å². The molecule has 1 heterocycles. The molecule has 3 heteroatoms. The second-order valence-corrected chi connectivity index (χ2v) is 7.86. The summed E-state index contributed by atoms with van der Waals surface area (Å²) in [6.07, 6.45) is 7.45. The zero-order chi connectivity index (χ0) is 12.3. The van der Waals surface area contributed by atoms with Crippen LogP contribution in [0.4, 0.5) is 5.69 Å². The summed E-state index contributed by atoms with van der Waals surface area (Å²) in [6, 6.07) is 2.24. The number of hydrogen-bond donors (Lipinski definition) is 2. The molecule has 0 unspecified atom stereocenters. The first-order valence-electron chi connectivity index (χ1n) is 7.32. The molecule has 98 valence electrons. The minimum absolute atomic E-state index is 0.601. The van der Waals surface area contributed by atoms with Crippen LogP contribution in [-0.4, -0.2) is 0 Å². The molecule has 4 saturated carbocycles. The van der Waals surface area contributed by atoms with Crippen LogP contribution in [-0.2, 0) is 6.54 Å². The van der Waals surface area contributed by atoms with Gasteiger partial charge in [-0.15, -0.1) is 11.3 Å². The van der Waals surface area contributed by atoms with Crippen molar-refractivity contribution in [1.82, 2.24) is 0 Å². The smallest absolute Gasteiger partial charge is 0.0471 e. The van der Waals surface area contributed by atoms with Crippen molar-refractivity contribution in [2.24, 2.45) is 29.4 Å². The highest BCUT2D eigenvalue weighted by atomic mass is 32.1. The van der Waals surface area contributed by atoms with Gasteiger partial charge in [-0.3, -0.25) is 0 Å². The van der Waals surface area contributed by atoms with Crippen molar-refractivity contribution in [3.8, 4) is 0 Å². The van der Waals surface area contributed by atoms with Gasteiger partial charge in [-0.05, 0) is 67.8 Å². The Morgan fingerprint density at radius 1 is 1.06 bits per heavy atom. The molecule has 0 aliphatic heterocycles. The van der Waals surface area contributed by atoms with Gasteiger partial charge in [0.25, 0.3) is 0 Å². The molecular weight excluding hydrogens is 240 g/mol. The Morgan fingerprint density at radius 2 is 1.67 bits per heavy atom. The number of nitrogens with two attached hydrogens (primary N) is 2. The fourth-order valence-corrected chi connectivity index (χ4v) is 6.43. The Balaban J connectivity index is 1.67. The summed E-state index contributed by atoms with van der Waals surface area (Å²) in [5.74, 6) is 4.81. The molecule has 2 nitrogen and oxygen atoms in total. The lowest BCUT2D eigenvalue weighted by atomic mass is 9.51. The third kappa shape index (κ3) is 1.56.